The van der Waals surface area contributed by atoms with E-state index in [1.807, 2.05) is 65.4 Å². The van der Waals surface area contributed by atoms with Gasteiger partial charge in [-0.3, -0.25) is 13.7 Å². The van der Waals surface area contributed by atoms with Crippen molar-refractivity contribution in [1.82, 2.24) is 14.1 Å². The van der Waals surface area contributed by atoms with E-state index in [-0.39, 0.29) is 32.9 Å². The molecular weight excluding hydrogens is 745 g/mol. The molecule has 0 N–H and O–H groups in total. The number of aromatic nitrogens is 4. The Kier molecular flexibility index (Phi) is 7.98. The van der Waals surface area contributed by atoms with Crippen molar-refractivity contribution >= 4 is 32.8 Å². The van der Waals surface area contributed by atoms with Crippen LogP contribution in [0.3, 0.4) is 0 Å². The number of aryl methyl sites for hydroxylation is 2. The second-order valence-corrected chi connectivity index (χ2v) is 19.2. The van der Waals surface area contributed by atoms with Gasteiger partial charge < -0.3 is 4.74 Å². The fourth-order valence-electron chi connectivity index (χ4n) is 8.57. The van der Waals surface area contributed by atoms with Gasteiger partial charge in [0.1, 0.15) is 17.3 Å². The zero-order valence-corrected chi connectivity index (χ0v) is 36.5. The van der Waals surface area contributed by atoms with Crippen molar-refractivity contribution in [3.05, 3.63) is 174 Å². The van der Waals surface area contributed by atoms with Gasteiger partial charge in [-0.25, -0.2) is 4.98 Å². The minimum absolute atomic E-state index is 0.0207. The van der Waals surface area contributed by atoms with Gasteiger partial charge in [0.2, 0.25) is 0 Å². The zero-order valence-electron chi connectivity index (χ0n) is 42.5. The summed E-state index contributed by atoms with van der Waals surface area (Å²) in [4.78, 5) is 4.86. The average Bonchev–Trinajstić information content (AvgIpc) is 3.80. The molecule has 5 heteroatoms. The van der Waals surface area contributed by atoms with Crippen LogP contribution >= 0.6 is 0 Å². The number of benzene rings is 6. The van der Waals surface area contributed by atoms with Crippen molar-refractivity contribution < 1.29 is 17.5 Å². The molecule has 6 aromatic carbocycles. The third-order valence-electron chi connectivity index (χ3n) is 11.7. The zero-order chi connectivity index (χ0) is 48.0. The first kappa shape index (κ1) is 33.3. The second-order valence-electron chi connectivity index (χ2n) is 19.2. The van der Waals surface area contributed by atoms with E-state index in [0.717, 1.165) is 55.6 Å². The first-order chi connectivity index (χ1) is 31.4. The molecule has 0 aliphatic heterocycles. The molecule has 0 spiro atoms. The molecule has 9 rings (SSSR count). The molecule has 61 heavy (non-hydrogen) atoms. The van der Waals surface area contributed by atoms with Crippen LogP contribution in [0.15, 0.2) is 140 Å². The van der Waals surface area contributed by atoms with Crippen LogP contribution in [-0.4, -0.2) is 14.1 Å². The molecule has 306 valence electrons. The number of pyridine rings is 1. The second kappa shape index (κ2) is 14.6. The van der Waals surface area contributed by atoms with Crippen molar-refractivity contribution in [3.8, 4) is 39.8 Å². The highest BCUT2D eigenvalue weighted by Crippen LogP contribution is 2.39. The summed E-state index contributed by atoms with van der Waals surface area (Å²) in [6.45, 7) is 14.7. The maximum absolute atomic E-state index is 8.48. The molecule has 0 radical (unpaired) electrons. The maximum Gasteiger partial charge on any atom is 0.269 e. The van der Waals surface area contributed by atoms with Gasteiger partial charge in [0.25, 0.3) is 6.33 Å². The summed E-state index contributed by atoms with van der Waals surface area (Å²) in [6.07, 6.45) is 5.61. The highest BCUT2D eigenvalue weighted by atomic mass is 16.5. The number of para-hydroxylation sites is 2. The molecule has 5 nitrogen and oxygen atoms in total. The number of imidazole rings is 1. The van der Waals surface area contributed by atoms with Crippen LogP contribution < -0.4 is 9.30 Å². The van der Waals surface area contributed by atoms with Gasteiger partial charge in [-0.15, -0.1) is 0 Å². The summed E-state index contributed by atoms with van der Waals surface area (Å²) in [5.41, 5.74) is 8.77. The van der Waals surface area contributed by atoms with Crippen molar-refractivity contribution in [2.24, 2.45) is 0 Å². The van der Waals surface area contributed by atoms with Gasteiger partial charge in [-0.05, 0) is 123 Å². The molecule has 0 aliphatic carbocycles. The quantitative estimate of drug-likeness (QED) is 0.124. The Bertz CT molecular complexity index is 3310. The lowest BCUT2D eigenvalue weighted by atomic mass is 9.78. The van der Waals surface area contributed by atoms with E-state index >= 15 is 0 Å². The largest absolute Gasteiger partial charge is 0.458 e. The lowest BCUT2D eigenvalue weighted by Crippen LogP contribution is -2.37. The molecule has 0 saturated carbocycles. The highest BCUT2D eigenvalue weighted by molar-refractivity contribution is 6.09. The van der Waals surface area contributed by atoms with Crippen LogP contribution in [0.1, 0.15) is 98.4 Å². The molecule has 0 atom stereocenters. The number of ether oxygens (including phenoxy) is 1. The van der Waals surface area contributed by atoms with Gasteiger partial charge in [-0.1, -0.05) is 135 Å². The minimum Gasteiger partial charge on any atom is -0.458 e. The molecule has 9 aromatic rings. The summed E-state index contributed by atoms with van der Waals surface area (Å²) in [6, 6.07) is 43.2. The van der Waals surface area contributed by atoms with E-state index in [0.29, 0.717) is 22.6 Å². The molecule has 0 saturated heterocycles. The number of hydrogen-bond acceptors (Lipinski definition) is 2. The summed E-state index contributed by atoms with van der Waals surface area (Å²) in [7, 11) is 0. The number of hydrogen-bond donors (Lipinski definition) is 0. The van der Waals surface area contributed by atoms with E-state index in [4.69, 9.17) is 17.9 Å². The lowest BCUT2D eigenvalue weighted by Gasteiger charge is -2.30. The summed E-state index contributed by atoms with van der Waals surface area (Å²) >= 11 is 0. The standard InChI is InChI=1S/C56H56N4O/c1-36-17-14-18-37(2)52(36)38-25-28-48-50(31-38)58(35-59(48)53-45(55(6,7)8)22-16-23-46(53)56(9,10)11)40-19-15-20-41(33-40)61-42-26-27-44-43-21-12-13-24-47(43)60(49(44)34-42)51-32-39(29-30-57-51)54(3,4)5/h12-34H,1-11H3/i1D3,2D3. The SMILES string of the molecule is [2H]C([2H])([2H])c1cccc(C([2H])([2H])[2H])c1-c1ccc2c(c1)n(-c1cccc(Oc3ccc4c5ccccc5n(-c5cc(C(C)(C)C)ccn5)c4c3)c1)[c-][n+]2-c1c(C(C)(C)C)cccc1C(C)(C)C. The summed E-state index contributed by atoms with van der Waals surface area (Å²) in [5.74, 6) is 2.07. The van der Waals surface area contributed by atoms with Gasteiger partial charge >= 0.3 is 0 Å². The smallest absolute Gasteiger partial charge is 0.269 e. The van der Waals surface area contributed by atoms with Crippen LogP contribution in [0.25, 0.3) is 61.2 Å². The number of rotatable bonds is 6. The average molecular weight is 807 g/mol. The third kappa shape index (κ3) is 7.20. The Labute approximate surface area is 369 Å². The van der Waals surface area contributed by atoms with E-state index in [2.05, 4.69) is 138 Å². The first-order valence-electron chi connectivity index (χ1n) is 24.0. The molecule has 3 aromatic heterocycles. The molecular formula is C56H56N4O. The summed E-state index contributed by atoms with van der Waals surface area (Å²) < 4.78 is 63.9. The Morgan fingerprint density at radius 3 is 1.97 bits per heavy atom. The van der Waals surface area contributed by atoms with Gasteiger partial charge in [0, 0.05) is 31.3 Å². The van der Waals surface area contributed by atoms with Crippen molar-refractivity contribution in [2.75, 3.05) is 0 Å². The van der Waals surface area contributed by atoms with Crippen molar-refractivity contribution in [2.45, 2.75) is 92.3 Å². The lowest BCUT2D eigenvalue weighted by molar-refractivity contribution is -0.574. The van der Waals surface area contributed by atoms with E-state index < -0.39 is 13.7 Å². The fraction of sp³-hybridized carbons (Fsp3) is 0.250. The molecule has 0 bridgehead atoms. The Hall–Kier alpha value is -6.46. The Morgan fingerprint density at radius 2 is 1.26 bits per heavy atom. The highest BCUT2D eigenvalue weighted by Gasteiger charge is 2.28. The first-order valence-corrected chi connectivity index (χ1v) is 21.0. The van der Waals surface area contributed by atoms with E-state index in [1.165, 1.54) is 23.8 Å². The van der Waals surface area contributed by atoms with Gasteiger partial charge in [0.05, 0.1) is 33.4 Å². The predicted molar refractivity (Wildman–Crippen MR) is 253 cm³/mol. The predicted octanol–water partition coefficient (Wildman–Crippen LogP) is 14.2. The van der Waals surface area contributed by atoms with Crippen LogP contribution in [-0.2, 0) is 16.2 Å². The molecule has 0 unspecified atom stereocenters. The van der Waals surface area contributed by atoms with Crippen molar-refractivity contribution in [3.63, 3.8) is 0 Å². The Balaban J connectivity index is 1.24. The molecule has 0 amide bonds. The monoisotopic (exact) mass is 806 g/mol. The van der Waals surface area contributed by atoms with Gasteiger partial charge in [0.15, 0.2) is 0 Å². The van der Waals surface area contributed by atoms with E-state index in [1.54, 1.807) is 0 Å². The third-order valence-corrected chi connectivity index (χ3v) is 11.7. The normalized spacial score (nSPS) is 14.4. The van der Waals surface area contributed by atoms with Crippen LogP contribution in [0.2, 0.25) is 0 Å². The molecule has 0 aliphatic rings. The molecule has 0 fully saturated rings. The fourth-order valence-corrected chi connectivity index (χ4v) is 8.57. The van der Waals surface area contributed by atoms with Crippen molar-refractivity contribution in [1.29, 1.82) is 0 Å². The molecule has 3 heterocycles. The summed E-state index contributed by atoms with van der Waals surface area (Å²) in [5, 5.41) is 2.20. The van der Waals surface area contributed by atoms with Crippen LogP contribution in [0.5, 0.6) is 11.5 Å². The van der Waals surface area contributed by atoms with E-state index in [9.17, 15) is 0 Å². The van der Waals surface area contributed by atoms with Crippen LogP contribution in [0.4, 0.5) is 0 Å². The van der Waals surface area contributed by atoms with Gasteiger partial charge in [-0.2, -0.15) is 0 Å². The number of nitrogens with zero attached hydrogens (tertiary/aromatic N) is 4. The Morgan fingerprint density at radius 1 is 0.590 bits per heavy atom. The number of fused-ring (bicyclic) bond motifs is 4. The van der Waals surface area contributed by atoms with Crippen LogP contribution in [0, 0.1) is 20.0 Å². The maximum atomic E-state index is 8.48. The minimum atomic E-state index is -2.57. The topological polar surface area (TPSA) is 35.9 Å².